The first kappa shape index (κ1) is 14.3. The minimum atomic E-state index is -0.105. The maximum Gasteiger partial charge on any atom is 0.254 e. The number of hydrogen-bond acceptors (Lipinski definition) is 2. The Balaban J connectivity index is 1.97. The van der Waals surface area contributed by atoms with E-state index < -0.39 is 0 Å². The van der Waals surface area contributed by atoms with Crippen LogP contribution in [0.2, 0.25) is 0 Å². The summed E-state index contributed by atoms with van der Waals surface area (Å²) in [7, 11) is 1.68. The second kappa shape index (κ2) is 6.36. The molecule has 0 aliphatic carbocycles. The van der Waals surface area contributed by atoms with Crippen LogP contribution in [0.15, 0.2) is 24.3 Å². The molecule has 0 N–H and O–H groups in total. The third-order valence-corrected chi connectivity index (χ3v) is 3.92. The zero-order valence-corrected chi connectivity index (χ0v) is 13.1. The van der Waals surface area contributed by atoms with Crippen molar-refractivity contribution in [3.05, 3.63) is 33.4 Å². The molecule has 0 saturated carbocycles. The summed E-state index contributed by atoms with van der Waals surface area (Å²) in [4.78, 5) is 27.5. The average Bonchev–Trinajstić information content (AvgIpc) is 2.91. The predicted molar refractivity (Wildman–Crippen MR) is 81.9 cm³/mol. The number of carbonyl (C=O) groups excluding carboxylic acids is 2. The first-order valence-corrected chi connectivity index (χ1v) is 7.44. The van der Waals surface area contributed by atoms with Crippen LogP contribution >= 0.6 is 22.6 Å². The molecule has 1 aromatic rings. The Hall–Kier alpha value is -1.11. The molecular weight excluding hydrogens is 355 g/mol. The van der Waals surface area contributed by atoms with E-state index in [-0.39, 0.29) is 18.4 Å². The van der Waals surface area contributed by atoms with Gasteiger partial charge >= 0.3 is 0 Å². The van der Waals surface area contributed by atoms with Crippen molar-refractivity contribution in [1.29, 1.82) is 0 Å². The summed E-state index contributed by atoms with van der Waals surface area (Å²) >= 11 is 2.17. The molecule has 0 atom stereocenters. The third-order valence-electron chi connectivity index (χ3n) is 3.25. The molecule has 0 unspecified atom stereocenters. The van der Waals surface area contributed by atoms with E-state index in [0.717, 1.165) is 29.5 Å². The molecule has 0 aromatic heterocycles. The molecule has 1 aromatic carbocycles. The Morgan fingerprint density at radius 1 is 1.32 bits per heavy atom. The fourth-order valence-corrected chi connectivity index (χ4v) is 2.73. The summed E-state index contributed by atoms with van der Waals surface area (Å²) in [5.41, 5.74) is 0.628. The predicted octanol–water partition coefficient (Wildman–Crippen LogP) is 1.99. The maximum absolute atomic E-state index is 12.2. The lowest BCUT2D eigenvalue weighted by molar-refractivity contribution is -0.130. The molecule has 2 amide bonds. The topological polar surface area (TPSA) is 40.6 Å². The number of halogens is 1. The zero-order chi connectivity index (χ0) is 13.8. The van der Waals surface area contributed by atoms with E-state index in [0.29, 0.717) is 5.56 Å². The Morgan fingerprint density at radius 3 is 2.63 bits per heavy atom. The molecule has 4 nitrogen and oxygen atoms in total. The van der Waals surface area contributed by atoms with Crippen molar-refractivity contribution in [3.63, 3.8) is 0 Å². The normalized spacial score (nSPS) is 14.5. The highest BCUT2D eigenvalue weighted by Crippen LogP contribution is 2.11. The molecule has 0 bridgehead atoms. The number of amides is 2. The quantitative estimate of drug-likeness (QED) is 0.762. The van der Waals surface area contributed by atoms with E-state index in [2.05, 4.69) is 22.6 Å². The van der Waals surface area contributed by atoms with Gasteiger partial charge in [-0.25, -0.2) is 0 Å². The van der Waals surface area contributed by atoms with Gasteiger partial charge in [0.2, 0.25) is 5.91 Å². The van der Waals surface area contributed by atoms with E-state index in [1.807, 2.05) is 23.1 Å². The smallest absolute Gasteiger partial charge is 0.254 e. The van der Waals surface area contributed by atoms with Gasteiger partial charge in [-0.15, -0.1) is 0 Å². The van der Waals surface area contributed by atoms with Crippen LogP contribution in [0, 0.1) is 3.57 Å². The highest BCUT2D eigenvalue weighted by atomic mass is 127. The molecule has 19 heavy (non-hydrogen) atoms. The van der Waals surface area contributed by atoms with Gasteiger partial charge in [0, 0.05) is 29.3 Å². The van der Waals surface area contributed by atoms with Crippen LogP contribution < -0.4 is 0 Å². The zero-order valence-electron chi connectivity index (χ0n) is 10.9. The number of likely N-dealkylation sites (tertiary alicyclic amines) is 1. The Kier molecular flexibility index (Phi) is 4.79. The summed E-state index contributed by atoms with van der Waals surface area (Å²) < 4.78 is 1.02. The molecule has 0 radical (unpaired) electrons. The van der Waals surface area contributed by atoms with Crippen LogP contribution in [-0.4, -0.2) is 48.3 Å². The van der Waals surface area contributed by atoms with Crippen molar-refractivity contribution in [2.24, 2.45) is 0 Å². The van der Waals surface area contributed by atoms with E-state index in [4.69, 9.17) is 0 Å². The summed E-state index contributed by atoms with van der Waals surface area (Å²) in [6, 6.07) is 7.40. The first-order chi connectivity index (χ1) is 9.08. The molecule has 1 saturated heterocycles. The van der Waals surface area contributed by atoms with Crippen LogP contribution in [-0.2, 0) is 4.79 Å². The number of hydrogen-bond donors (Lipinski definition) is 0. The number of benzene rings is 1. The molecule has 1 fully saturated rings. The summed E-state index contributed by atoms with van der Waals surface area (Å²) in [5, 5.41) is 0. The molecule has 1 aliphatic rings. The minimum absolute atomic E-state index is 0.0407. The van der Waals surface area contributed by atoms with E-state index in [1.165, 1.54) is 4.90 Å². The molecule has 1 heterocycles. The van der Waals surface area contributed by atoms with Crippen molar-refractivity contribution in [2.75, 3.05) is 26.7 Å². The van der Waals surface area contributed by atoms with Gasteiger partial charge in [-0.2, -0.15) is 0 Å². The van der Waals surface area contributed by atoms with Gasteiger partial charge in [0.25, 0.3) is 5.91 Å². The SMILES string of the molecule is CN(CC(=O)N1CCCC1)C(=O)c1cccc(I)c1. The number of likely N-dealkylation sites (N-methyl/N-ethyl adjacent to an activating group) is 1. The van der Waals surface area contributed by atoms with Gasteiger partial charge in [-0.1, -0.05) is 6.07 Å². The first-order valence-electron chi connectivity index (χ1n) is 6.37. The Labute approximate surface area is 126 Å². The van der Waals surface area contributed by atoms with E-state index >= 15 is 0 Å². The molecular formula is C14H17IN2O2. The second-order valence-corrected chi connectivity index (χ2v) is 6.01. The fraction of sp³-hybridized carbons (Fsp3) is 0.429. The second-order valence-electron chi connectivity index (χ2n) is 4.76. The summed E-state index contributed by atoms with van der Waals surface area (Å²) in [6.07, 6.45) is 2.14. The van der Waals surface area contributed by atoms with Crippen molar-refractivity contribution in [2.45, 2.75) is 12.8 Å². The molecule has 0 spiro atoms. The van der Waals surface area contributed by atoms with Gasteiger partial charge in [0.1, 0.15) is 0 Å². The number of carbonyl (C=O) groups is 2. The van der Waals surface area contributed by atoms with Crippen LogP contribution in [0.5, 0.6) is 0 Å². The number of rotatable bonds is 3. The number of nitrogens with zero attached hydrogens (tertiary/aromatic N) is 2. The van der Waals surface area contributed by atoms with Gasteiger partial charge in [0.15, 0.2) is 0 Å². The monoisotopic (exact) mass is 372 g/mol. The molecule has 2 rings (SSSR count). The Bertz CT molecular complexity index is 484. The molecule has 5 heteroatoms. The van der Waals surface area contributed by atoms with Crippen molar-refractivity contribution >= 4 is 34.4 Å². The lowest BCUT2D eigenvalue weighted by Gasteiger charge is -2.21. The van der Waals surface area contributed by atoms with Gasteiger partial charge in [-0.05, 0) is 53.6 Å². The molecule has 1 aliphatic heterocycles. The lowest BCUT2D eigenvalue weighted by Crippen LogP contribution is -2.39. The largest absolute Gasteiger partial charge is 0.341 e. The van der Waals surface area contributed by atoms with Gasteiger partial charge in [0.05, 0.1) is 6.54 Å². The van der Waals surface area contributed by atoms with Crippen molar-refractivity contribution < 1.29 is 9.59 Å². The van der Waals surface area contributed by atoms with Gasteiger partial charge in [-0.3, -0.25) is 9.59 Å². The van der Waals surface area contributed by atoms with Crippen LogP contribution in [0.3, 0.4) is 0 Å². The maximum atomic E-state index is 12.2. The van der Waals surface area contributed by atoms with E-state index in [9.17, 15) is 9.59 Å². The average molecular weight is 372 g/mol. The minimum Gasteiger partial charge on any atom is -0.341 e. The summed E-state index contributed by atoms with van der Waals surface area (Å²) in [6.45, 7) is 1.80. The summed E-state index contributed by atoms with van der Waals surface area (Å²) in [5.74, 6) is -0.0648. The van der Waals surface area contributed by atoms with Crippen molar-refractivity contribution in [1.82, 2.24) is 9.80 Å². The highest BCUT2D eigenvalue weighted by molar-refractivity contribution is 14.1. The molecule has 102 valence electrons. The van der Waals surface area contributed by atoms with Crippen molar-refractivity contribution in [3.8, 4) is 0 Å². The lowest BCUT2D eigenvalue weighted by atomic mass is 10.2. The highest BCUT2D eigenvalue weighted by Gasteiger charge is 2.21. The van der Waals surface area contributed by atoms with Crippen LogP contribution in [0.25, 0.3) is 0 Å². The van der Waals surface area contributed by atoms with Crippen LogP contribution in [0.1, 0.15) is 23.2 Å². The third kappa shape index (κ3) is 3.68. The van der Waals surface area contributed by atoms with E-state index in [1.54, 1.807) is 13.1 Å². The fourth-order valence-electron chi connectivity index (χ4n) is 2.18. The van der Waals surface area contributed by atoms with Crippen LogP contribution in [0.4, 0.5) is 0 Å². The Morgan fingerprint density at radius 2 is 2.00 bits per heavy atom. The van der Waals surface area contributed by atoms with Gasteiger partial charge < -0.3 is 9.80 Å². The standard InChI is InChI=1S/C14H17IN2O2/c1-16(10-13(18)17-7-2-3-8-17)14(19)11-5-4-6-12(15)9-11/h4-6,9H,2-3,7-8,10H2,1H3.